The van der Waals surface area contributed by atoms with Gasteiger partial charge in [-0.3, -0.25) is 4.79 Å². The highest BCUT2D eigenvalue weighted by Gasteiger charge is 2.04. The van der Waals surface area contributed by atoms with E-state index in [9.17, 15) is 9.18 Å². The molecule has 0 atom stereocenters. The van der Waals surface area contributed by atoms with Gasteiger partial charge in [0.2, 0.25) is 0 Å². The van der Waals surface area contributed by atoms with Crippen LogP contribution < -0.4 is 14.9 Å². The van der Waals surface area contributed by atoms with Crippen molar-refractivity contribution in [2.24, 2.45) is 5.10 Å². The molecule has 0 aliphatic rings. The van der Waals surface area contributed by atoms with Crippen molar-refractivity contribution < 1.29 is 18.7 Å². The van der Waals surface area contributed by atoms with Crippen LogP contribution in [-0.2, 0) is 0 Å². The normalized spacial score (nSPS) is 10.5. The van der Waals surface area contributed by atoms with Crippen molar-refractivity contribution in [3.05, 3.63) is 59.4 Å². The van der Waals surface area contributed by atoms with E-state index in [1.165, 1.54) is 30.5 Å². The van der Waals surface area contributed by atoms with Crippen molar-refractivity contribution in [2.45, 2.75) is 0 Å². The van der Waals surface area contributed by atoms with E-state index in [0.29, 0.717) is 22.6 Å². The Hall–Kier alpha value is -2.89. The van der Waals surface area contributed by atoms with Gasteiger partial charge < -0.3 is 9.47 Å². The summed E-state index contributed by atoms with van der Waals surface area (Å²) in [6.45, 7) is 0. The van der Waals surface area contributed by atoms with E-state index >= 15 is 0 Å². The zero-order chi connectivity index (χ0) is 15.9. The van der Waals surface area contributed by atoms with E-state index in [4.69, 9.17) is 9.47 Å². The van der Waals surface area contributed by atoms with E-state index in [1.54, 1.807) is 32.4 Å². The standard InChI is InChI=1S/C16H15FN2O3/c1-21-14-7-11(8-15(9-14)22-2)10-18-19-16(20)12-3-5-13(17)6-4-12/h3-10H,1-2H3,(H,19,20)/b18-10-. The highest BCUT2D eigenvalue weighted by atomic mass is 19.1. The lowest BCUT2D eigenvalue weighted by molar-refractivity contribution is 0.0955. The molecule has 0 spiro atoms. The maximum atomic E-state index is 12.8. The van der Waals surface area contributed by atoms with Crippen molar-refractivity contribution in [2.75, 3.05) is 14.2 Å². The fourth-order valence-corrected chi connectivity index (χ4v) is 1.74. The number of benzene rings is 2. The number of carbonyl (C=O) groups is 1. The highest BCUT2D eigenvalue weighted by Crippen LogP contribution is 2.21. The van der Waals surface area contributed by atoms with Crippen molar-refractivity contribution >= 4 is 12.1 Å². The highest BCUT2D eigenvalue weighted by molar-refractivity contribution is 5.94. The first kappa shape index (κ1) is 15.5. The SMILES string of the molecule is COc1cc(/C=N\NC(=O)c2ccc(F)cc2)cc(OC)c1. The molecule has 0 aromatic heterocycles. The smallest absolute Gasteiger partial charge is 0.271 e. The first-order chi connectivity index (χ1) is 10.6. The molecule has 0 radical (unpaired) electrons. The number of nitrogens with one attached hydrogen (secondary N) is 1. The predicted molar refractivity (Wildman–Crippen MR) is 81.0 cm³/mol. The lowest BCUT2D eigenvalue weighted by Crippen LogP contribution is -2.17. The van der Waals surface area contributed by atoms with Crippen LogP contribution in [0, 0.1) is 5.82 Å². The molecular weight excluding hydrogens is 287 g/mol. The summed E-state index contributed by atoms with van der Waals surface area (Å²) in [7, 11) is 3.10. The molecule has 0 heterocycles. The Bertz CT molecular complexity index is 662. The van der Waals surface area contributed by atoms with E-state index in [0.717, 1.165) is 0 Å². The van der Waals surface area contributed by atoms with E-state index < -0.39 is 11.7 Å². The number of ether oxygens (including phenoxy) is 2. The second-order valence-electron chi connectivity index (χ2n) is 4.35. The van der Waals surface area contributed by atoms with E-state index in [2.05, 4.69) is 10.5 Å². The van der Waals surface area contributed by atoms with Crippen molar-refractivity contribution in [3.8, 4) is 11.5 Å². The maximum Gasteiger partial charge on any atom is 0.271 e. The molecule has 0 bridgehead atoms. The third kappa shape index (κ3) is 4.05. The number of methoxy groups -OCH3 is 2. The van der Waals surface area contributed by atoms with Crippen LogP contribution in [0.1, 0.15) is 15.9 Å². The predicted octanol–water partition coefficient (Wildman–Crippen LogP) is 2.61. The summed E-state index contributed by atoms with van der Waals surface area (Å²) in [6.07, 6.45) is 1.46. The number of halogens is 1. The Labute approximate surface area is 127 Å². The second-order valence-corrected chi connectivity index (χ2v) is 4.35. The third-order valence-corrected chi connectivity index (χ3v) is 2.86. The van der Waals surface area contributed by atoms with Gasteiger partial charge in [-0.2, -0.15) is 5.10 Å². The van der Waals surface area contributed by atoms with Crippen LogP contribution in [0.4, 0.5) is 4.39 Å². The summed E-state index contributed by atoms with van der Waals surface area (Å²) in [5, 5.41) is 3.86. The molecule has 0 saturated carbocycles. The lowest BCUT2D eigenvalue weighted by atomic mass is 10.2. The Morgan fingerprint density at radius 1 is 1.09 bits per heavy atom. The molecule has 0 aliphatic heterocycles. The minimum Gasteiger partial charge on any atom is -0.497 e. The van der Waals surface area contributed by atoms with Crippen molar-refractivity contribution in [1.29, 1.82) is 0 Å². The average Bonchev–Trinajstić information content (AvgIpc) is 2.55. The van der Waals surface area contributed by atoms with Gasteiger partial charge in [-0.15, -0.1) is 0 Å². The lowest BCUT2D eigenvalue weighted by Gasteiger charge is -2.05. The first-order valence-corrected chi connectivity index (χ1v) is 6.44. The molecule has 2 aromatic carbocycles. The van der Waals surface area contributed by atoms with Crippen LogP contribution in [0.5, 0.6) is 11.5 Å². The second kappa shape index (κ2) is 7.21. The molecule has 0 fully saturated rings. The molecule has 2 aromatic rings. The zero-order valence-corrected chi connectivity index (χ0v) is 12.2. The molecule has 0 unspecified atom stereocenters. The fourth-order valence-electron chi connectivity index (χ4n) is 1.74. The zero-order valence-electron chi connectivity index (χ0n) is 12.2. The first-order valence-electron chi connectivity index (χ1n) is 6.44. The summed E-state index contributed by atoms with van der Waals surface area (Å²) < 4.78 is 23.1. The fraction of sp³-hybridized carbons (Fsp3) is 0.125. The summed E-state index contributed by atoms with van der Waals surface area (Å²) in [6, 6.07) is 10.4. The number of hydrogen-bond donors (Lipinski definition) is 1. The number of hydrogen-bond acceptors (Lipinski definition) is 4. The molecule has 2 rings (SSSR count). The Balaban J connectivity index is 2.05. The Morgan fingerprint density at radius 3 is 2.23 bits per heavy atom. The van der Waals surface area contributed by atoms with Crippen LogP contribution in [0.15, 0.2) is 47.6 Å². The van der Waals surface area contributed by atoms with Crippen LogP contribution in [0.2, 0.25) is 0 Å². The van der Waals surface area contributed by atoms with Gasteiger partial charge in [0, 0.05) is 17.2 Å². The van der Waals surface area contributed by atoms with Crippen LogP contribution >= 0.6 is 0 Å². The molecule has 1 amide bonds. The number of hydrazone groups is 1. The van der Waals surface area contributed by atoms with Crippen LogP contribution in [-0.4, -0.2) is 26.3 Å². The van der Waals surface area contributed by atoms with Gasteiger partial charge in [-0.25, -0.2) is 9.82 Å². The Morgan fingerprint density at radius 2 is 1.68 bits per heavy atom. The van der Waals surface area contributed by atoms with Crippen LogP contribution in [0.25, 0.3) is 0 Å². The van der Waals surface area contributed by atoms with E-state index in [1.807, 2.05) is 0 Å². The molecule has 114 valence electrons. The molecule has 6 heteroatoms. The number of carbonyl (C=O) groups excluding carboxylic acids is 1. The van der Waals surface area contributed by atoms with E-state index in [-0.39, 0.29) is 0 Å². The van der Waals surface area contributed by atoms with Crippen molar-refractivity contribution in [3.63, 3.8) is 0 Å². The van der Waals surface area contributed by atoms with Gasteiger partial charge in [-0.1, -0.05) is 0 Å². The third-order valence-electron chi connectivity index (χ3n) is 2.86. The van der Waals surface area contributed by atoms with Gasteiger partial charge in [0.25, 0.3) is 5.91 Å². The minimum atomic E-state index is -0.425. The number of nitrogens with zero attached hydrogens (tertiary/aromatic N) is 1. The largest absolute Gasteiger partial charge is 0.497 e. The quantitative estimate of drug-likeness (QED) is 0.682. The molecular formula is C16H15FN2O3. The average molecular weight is 302 g/mol. The van der Waals surface area contributed by atoms with Gasteiger partial charge in [-0.05, 0) is 36.4 Å². The molecule has 22 heavy (non-hydrogen) atoms. The monoisotopic (exact) mass is 302 g/mol. The molecule has 0 saturated heterocycles. The molecule has 0 aliphatic carbocycles. The Kier molecular flexibility index (Phi) is 5.08. The maximum absolute atomic E-state index is 12.8. The summed E-state index contributed by atoms with van der Waals surface area (Å²) in [5.41, 5.74) is 3.39. The summed E-state index contributed by atoms with van der Waals surface area (Å²) >= 11 is 0. The van der Waals surface area contributed by atoms with Crippen LogP contribution in [0.3, 0.4) is 0 Å². The number of amides is 1. The van der Waals surface area contributed by atoms with Gasteiger partial charge in [0.15, 0.2) is 0 Å². The summed E-state index contributed by atoms with van der Waals surface area (Å²) in [4.78, 5) is 11.8. The number of rotatable bonds is 5. The van der Waals surface area contributed by atoms with Gasteiger partial charge in [0.1, 0.15) is 17.3 Å². The minimum absolute atomic E-state index is 0.321. The molecule has 1 N–H and O–H groups in total. The molecule has 5 nitrogen and oxygen atoms in total. The van der Waals surface area contributed by atoms with Gasteiger partial charge in [0.05, 0.1) is 20.4 Å². The summed E-state index contributed by atoms with van der Waals surface area (Å²) in [5.74, 6) is 0.408. The van der Waals surface area contributed by atoms with Gasteiger partial charge >= 0.3 is 0 Å². The van der Waals surface area contributed by atoms with Crippen molar-refractivity contribution in [1.82, 2.24) is 5.43 Å². The topological polar surface area (TPSA) is 59.9 Å².